The zero-order chi connectivity index (χ0) is 12.7. The van der Waals surface area contributed by atoms with Gasteiger partial charge in [0.15, 0.2) is 5.16 Å². The van der Waals surface area contributed by atoms with E-state index in [4.69, 9.17) is 0 Å². The number of H-pyrrole nitrogens is 1. The topological polar surface area (TPSA) is 99.8 Å². The number of rotatable bonds is 5. The maximum atomic E-state index is 11.3. The van der Waals surface area contributed by atoms with Gasteiger partial charge in [-0.15, -0.1) is 0 Å². The lowest BCUT2D eigenvalue weighted by molar-refractivity contribution is -0.117. The zero-order valence-corrected chi connectivity index (χ0v) is 10.5. The summed E-state index contributed by atoms with van der Waals surface area (Å²) in [5, 5.41) is 11.6. The molecule has 3 N–H and O–H groups in total. The van der Waals surface area contributed by atoms with E-state index in [1.807, 2.05) is 13.8 Å². The first kappa shape index (κ1) is 13.5. The second-order valence-corrected chi connectivity index (χ2v) is 4.70. The van der Waals surface area contributed by atoms with Gasteiger partial charge in [0, 0.05) is 6.54 Å². The number of nitrogens with zero attached hydrogens (tertiary/aromatic N) is 2. The Balaban J connectivity index is 2.18. The first-order valence-electron chi connectivity index (χ1n) is 5.13. The van der Waals surface area contributed by atoms with Crippen LogP contribution in [-0.2, 0) is 4.79 Å². The molecule has 0 aromatic carbocycles. The number of aromatic nitrogens is 3. The number of amides is 3. The Labute approximate surface area is 103 Å². The first-order chi connectivity index (χ1) is 8.08. The van der Waals surface area contributed by atoms with E-state index in [1.165, 1.54) is 18.1 Å². The van der Waals surface area contributed by atoms with Crippen molar-refractivity contribution in [3.8, 4) is 0 Å². The van der Waals surface area contributed by atoms with E-state index in [0.717, 1.165) is 0 Å². The van der Waals surface area contributed by atoms with Gasteiger partial charge in [-0.25, -0.2) is 9.78 Å². The summed E-state index contributed by atoms with van der Waals surface area (Å²) in [5.41, 5.74) is 0. The second kappa shape index (κ2) is 6.89. The van der Waals surface area contributed by atoms with Crippen LogP contribution in [0, 0.1) is 5.92 Å². The summed E-state index contributed by atoms with van der Waals surface area (Å²) in [6.07, 6.45) is 1.36. The third-order valence-corrected chi connectivity index (χ3v) is 2.53. The molecule has 17 heavy (non-hydrogen) atoms. The molecule has 0 saturated carbocycles. The van der Waals surface area contributed by atoms with Crippen LogP contribution in [0.1, 0.15) is 13.8 Å². The van der Waals surface area contributed by atoms with Crippen LogP contribution in [0.5, 0.6) is 0 Å². The molecule has 0 atom stereocenters. The molecule has 1 rings (SSSR count). The van der Waals surface area contributed by atoms with Crippen molar-refractivity contribution < 1.29 is 9.59 Å². The molecule has 1 heterocycles. The lowest BCUT2D eigenvalue weighted by Gasteiger charge is -2.07. The maximum Gasteiger partial charge on any atom is 0.321 e. The molecule has 0 aliphatic carbocycles. The van der Waals surface area contributed by atoms with Crippen LogP contribution in [0.4, 0.5) is 4.79 Å². The Morgan fingerprint density at radius 2 is 2.29 bits per heavy atom. The van der Waals surface area contributed by atoms with Crippen LogP contribution in [0.25, 0.3) is 0 Å². The quantitative estimate of drug-likeness (QED) is 0.662. The molecular formula is C9H15N5O2S. The summed E-state index contributed by atoms with van der Waals surface area (Å²) in [6, 6.07) is -0.470. The third-order valence-electron chi connectivity index (χ3n) is 1.66. The van der Waals surface area contributed by atoms with Gasteiger partial charge in [0.1, 0.15) is 6.33 Å². The van der Waals surface area contributed by atoms with Crippen molar-refractivity contribution in [2.75, 3.05) is 12.3 Å². The average molecular weight is 257 g/mol. The Morgan fingerprint density at radius 3 is 2.88 bits per heavy atom. The average Bonchev–Trinajstić information content (AvgIpc) is 2.76. The Morgan fingerprint density at radius 1 is 1.53 bits per heavy atom. The Kier molecular flexibility index (Phi) is 5.47. The van der Waals surface area contributed by atoms with Gasteiger partial charge in [0.2, 0.25) is 5.91 Å². The smallest absolute Gasteiger partial charge is 0.321 e. The number of thioether (sulfide) groups is 1. The number of imide groups is 1. The van der Waals surface area contributed by atoms with Crippen molar-refractivity contribution in [3.63, 3.8) is 0 Å². The molecule has 0 aliphatic heterocycles. The highest BCUT2D eigenvalue weighted by Gasteiger charge is 2.09. The van der Waals surface area contributed by atoms with Gasteiger partial charge < -0.3 is 5.32 Å². The molecule has 94 valence electrons. The van der Waals surface area contributed by atoms with Crippen LogP contribution in [0.2, 0.25) is 0 Å². The van der Waals surface area contributed by atoms with E-state index in [9.17, 15) is 9.59 Å². The van der Waals surface area contributed by atoms with E-state index in [1.54, 1.807) is 0 Å². The van der Waals surface area contributed by atoms with E-state index >= 15 is 0 Å². The fourth-order valence-electron chi connectivity index (χ4n) is 0.901. The predicted octanol–water partition coefficient (Wildman–Crippen LogP) is 0.379. The van der Waals surface area contributed by atoms with Crippen molar-refractivity contribution in [3.05, 3.63) is 6.33 Å². The highest BCUT2D eigenvalue weighted by atomic mass is 32.2. The predicted molar refractivity (Wildman–Crippen MR) is 63.5 cm³/mol. The second-order valence-electron chi connectivity index (χ2n) is 3.73. The molecule has 0 radical (unpaired) electrons. The number of hydrogen-bond acceptors (Lipinski definition) is 5. The molecule has 3 amide bonds. The first-order valence-corrected chi connectivity index (χ1v) is 6.12. The van der Waals surface area contributed by atoms with Crippen LogP contribution in [0.15, 0.2) is 11.5 Å². The minimum Gasteiger partial charge on any atom is -0.338 e. The summed E-state index contributed by atoms with van der Waals surface area (Å²) in [7, 11) is 0. The largest absolute Gasteiger partial charge is 0.338 e. The molecule has 0 fully saturated rings. The summed E-state index contributed by atoms with van der Waals surface area (Å²) in [4.78, 5) is 26.4. The number of hydrogen-bond donors (Lipinski definition) is 3. The fraction of sp³-hybridized carbons (Fsp3) is 0.556. The van der Waals surface area contributed by atoms with Gasteiger partial charge in [0.25, 0.3) is 0 Å². The molecular weight excluding hydrogens is 242 g/mol. The standard InChI is InChI=1S/C9H15N5O2S/c1-6(2)3-10-8(16)13-7(15)4-17-9-11-5-12-14-9/h5-6H,3-4H2,1-2H3,(H,11,12,14)(H2,10,13,15,16). The van der Waals surface area contributed by atoms with Gasteiger partial charge >= 0.3 is 6.03 Å². The van der Waals surface area contributed by atoms with Crippen LogP contribution in [0.3, 0.4) is 0 Å². The Hall–Kier alpha value is -1.57. The van der Waals surface area contributed by atoms with Crippen molar-refractivity contribution in [1.82, 2.24) is 25.8 Å². The van der Waals surface area contributed by atoms with Crippen molar-refractivity contribution in [2.45, 2.75) is 19.0 Å². The van der Waals surface area contributed by atoms with E-state index in [2.05, 4.69) is 25.8 Å². The third kappa shape index (κ3) is 5.91. The van der Waals surface area contributed by atoms with Crippen LogP contribution < -0.4 is 10.6 Å². The van der Waals surface area contributed by atoms with Crippen LogP contribution >= 0.6 is 11.8 Å². The van der Waals surface area contributed by atoms with Crippen molar-refractivity contribution in [2.24, 2.45) is 5.92 Å². The maximum absolute atomic E-state index is 11.3. The molecule has 0 saturated heterocycles. The lowest BCUT2D eigenvalue weighted by Crippen LogP contribution is -2.41. The fourth-order valence-corrected chi connectivity index (χ4v) is 1.48. The highest BCUT2D eigenvalue weighted by molar-refractivity contribution is 7.99. The number of carbonyl (C=O) groups excluding carboxylic acids is 2. The van der Waals surface area contributed by atoms with Crippen molar-refractivity contribution in [1.29, 1.82) is 0 Å². The van der Waals surface area contributed by atoms with Crippen molar-refractivity contribution >= 4 is 23.7 Å². The summed E-state index contributed by atoms with van der Waals surface area (Å²) >= 11 is 1.18. The molecule has 1 aromatic rings. The summed E-state index contributed by atoms with van der Waals surface area (Å²) < 4.78 is 0. The summed E-state index contributed by atoms with van der Waals surface area (Å²) in [5.74, 6) is 0.0941. The molecule has 0 aliphatic rings. The molecule has 0 bridgehead atoms. The monoisotopic (exact) mass is 257 g/mol. The van der Waals surface area contributed by atoms with Crippen LogP contribution in [-0.4, -0.2) is 39.4 Å². The van der Waals surface area contributed by atoms with E-state index in [0.29, 0.717) is 17.6 Å². The molecule has 7 nitrogen and oxygen atoms in total. The lowest BCUT2D eigenvalue weighted by atomic mass is 10.2. The molecule has 8 heteroatoms. The number of carbonyl (C=O) groups is 2. The van der Waals surface area contributed by atoms with Gasteiger partial charge in [-0.2, -0.15) is 5.10 Å². The summed E-state index contributed by atoms with van der Waals surface area (Å²) in [6.45, 7) is 4.48. The van der Waals surface area contributed by atoms with Gasteiger partial charge in [-0.05, 0) is 5.92 Å². The SMILES string of the molecule is CC(C)CNC(=O)NC(=O)CSc1ncn[nH]1. The number of nitrogens with one attached hydrogen (secondary N) is 3. The van der Waals surface area contributed by atoms with E-state index in [-0.39, 0.29) is 11.7 Å². The molecule has 1 aromatic heterocycles. The molecule has 0 spiro atoms. The zero-order valence-electron chi connectivity index (χ0n) is 9.69. The normalized spacial score (nSPS) is 10.3. The van der Waals surface area contributed by atoms with Gasteiger partial charge in [-0.1, -0.05) is 25.6 Å². The Bertz CT molecular complexity index is 365. The molecule has 0 unspecified atom stereocenters. The highest BCUT2D eigenvalue weighted by Crippen LogP contribution is 2.09. The number of aromatic amines is 1. The van der Waals surface area contributed by atoms with E-state index < -0.39 is 6.03 Å². The number of urea groups is 1. The van der Waals surface area contributed by atoms with Gasteiger partial charge in [0.05, 0.1) is 5.75 Å². The minimum absolute atomic E-state index is 0.115. The minimum atomic E-state index is -0.470. The van der Waals surface area contributed by atoms with Gasteiger partial charge in [-0.3, -0.25) is 15.2 Å².